The number of nitrogens with one attached hydrogen (secondary N) is 3. The monoisotopic (exact) mass is 396 g/mol. The Morgan fingerprint density at radius 2 is 1.93 bits per heavy atom. The molecular formula is C21H24N4O4. The SMILES string of the molecule is CN1Cc2cc(C(=O)NCCNc3ccccc3)ccc2N[C@H](CC(=O)O)C1=O. The summed E-state index contributed by atoms with van der Waals surface area (Å²) in [5.41, 5.74) is 2.91. The number of amides is 2. The second-order valence-corrected chi connectivity index (χ2v) is 6.91. The number of hydrogen-bond donors (Lipinski definition) is 4. The van der Waals surface area contributed by atoms with Crippen LogP contribution >= 0.6 is 0 Å². The van der Waals surface area contributed by atoms with Crippen molar-refractivity contribution in [2.24, 2.45) is 0 Å². The zero-order chi connectivity index (χ0) is 20.8. The van der Waals surface area contributed by atoms with E-state index in [9.17, 15) is 14.4 Å². The quantitative estimate of drug-likeness (QED) is 0.531. The van der Waals surface area contributed by atoms with Gasteiger partial charge in [-0.2, -0.15) is 0 Å². The summed E-state index contributed by atoms with van der Waals surface area (Å²) in [6.07, 6.45) is -0.306. The van der Waals surface area contributed by atoms with Crippen LogP contribution in [0, 0.1) is 0 Å². The Morgan fingerprint density at radius 1 is 1.17 bits per heavy atom. The number of likely N-dealkylation sites (N-methyl/N-ethyl adjacent to an activating group) is 1. The van der Waals surface area contributed by atoms with Gasteiger partial charge in [-0.25, -0.2) is 0 Å². The Balaban J connectivity index is 1.62. The van der Waals surface area contributed by atoms with E-state index in [-0.39, 0.29) is 18.2 Å². The van der Waals surface area contributed by atoms with E-state index in [0.717, 1.165) is 11.3 Å². The number of aliphatic carboxylic acids is 1. The van der Waals surface area contributed by atoms with Crippen molar-refractivity contribution in [3.8, 4) is 0 Å². The molecule has 29 heavy (non-hydrogen) atoms. The number of nitrogens with zero attached hydrogens (tertiary/aromatic N) is 1. The second kappa shape index (κ2) is 9.09. The third-order valence-corrected chi connectivity index (χ3v) is 4.67. The highest BCUT2D eigenvalue weighted by Gasteiger charge is 2.29. The minimum absolute atomic E-state index is 0.206. The number of carbonyl (C=O) groups excluding carboxylic acids is 2. The van der Waals surface area contributed by atoms with Crippen LogP contribution in [0.25, 0.3) is 0 Å². The molecule has 0 bridgehead atoms. The number of benzene rings is 2. The molecule has 0 fully saturated rings. The van der Waals surface area contributed by atoms with Crippen molar-refractivity contribution in [3.63, 3.8) is 0 Å². The largest absolute Gasteiger partial charge is 0.481 e. The Bertz CT molecular complexity index is 901. The molecule has 2 amide bonds. The lowest BCUT2D eigenvalue weighted by Gasteiger charge is -2.19. The Kier molecular flexibility index (Phi) is 6.33. The first kappa shape index (κ1) is 20.2. The van der Waals surface area contributed by atoms with Crippen LogP contribution in [-0.2, 0) is 16.1 Å². The zero-order valence-corrected chi connectivity index (χ0v) is 16.1. The van der Waals surface area contributed by atoms with Crippen LogP contribution in [0.15, 0.2) is 48.5 Å². The second-order valence-electron chi connectivity index (χ2n) is 6.91. The lowest BCUT2D eigenvalue weighted by atomic mass is 10.1. The van der Waals surface area contributed by atoms with Gasteiger partial charge in [0.05, 0.1) is 6.42 Å². The molecule has 8 nitrogen and oxygen atoms in total. The molecule has 2 aromatic rings. The van der Waals surface area contributed by atoms with Gasteiger partial charge in [-0.1, -0.05) is 18.2 Å². The van der Waals surface area contributed by atoms with Crippen molar-refractivity contribution in [1.82, 2.24) is 10.2 Å². The van der Waals surface area contributed by atoms with Crippen LogP contribution < -0.4 is 16.0 Å². The molecule has 1 atom stereocenters. The fourth-order valence-electron chi connectivity index (χ4n) is 3.21. The first-order chi connectivity index (χ1) is 13.9. The maximum Gasteiger partial charge on any atom is 0.305 e. The molecule has 0 spiro atoms. The van der Waals surface area contributed by atoms with Gasteiger partial charge in [0.1, 0.15) is 6.04 Å². The molecule has 0 aromatic heterocycles. The number of carboxylic acid groups (broad SMARTS) is 1. The average molecular weight is 396 g/mol. The van der Waals surface area contributed by atoms with E-state index in [1.54, 1.807) is 25.2 Å². The summed E-state index contributed by atoms with van der Waals surface area (Å²) in [6, 6.07) is 14.0. The fraction of sp³-hybridized carbons (Fsp3) is 0.286. The zero-order valence-electron chi connectivity index (χ0n) is 16.1. The van der Waals surface area contributed by atoms with Crippen LogP contribution in [-0.4, -0.2) is 54.0 Å². The van der Waals surface area contributed by atoms with E-state index in [0.29, 0.717) is 30.9 Å². The van der Waals surface area contributed by atoms with E-state index < -0.39 is 12.0 Å². The molecule has 152 valence electrons. The molecule has 0 saturated carbocycles. The van der Waals surface area contributed by atoms with Gasteiger partial charge in [0.2, 0.25) is 5.91 Å². The van der Waals surface area contributed by atoms with Gasteiger partial charge in [-0.15, -0.1) is 0 Å². The normalized spacial score (nSPS) is 15.7. The molecular weight excluding hydrogens is 372 g/mol. The fourth-order valence-corrected chi connectivity index (χ4v) is 3.21. The number of carbonyl (C=O) groups is 3. The van der Waals surface area contributed by atoms with Gasteiger partial charge >= 0.3 is 5.97 Å². The number of carboxylic acids is 1. The predicted octanol–water partition coefficient (Wildman–Crippen LogP) is 1.76. The van der Waals surface area contributed by atoms with Gasteiger partial charge in [0.25, 0.3) is 5.91 Å². The third kappa shape index (κ3) is 5.25. The van der Waals surface area contributed by atoms with Crippen LogP contribution in [0.1, 0.15) is 22.3 Å². The Morgan fingerprint density at radius 3 is 2.66 bits per heavy atom. The number of rotatable bonds is 7. The Labute approximate surface area is 168 Å². The number of para-hydroxylation sites is 1. The molecule has 2 aromatic carbocycles. The summed E-state index contributed by atoms with van der Waals surface area (Å²) in [4.78, 5) is 37.3. The van der Waals surface area contributed by atoms with Gasteiger partial charge in [0.15, 0.2) is 0 Å². The van der Waals surface area contributed by atoms with E-state index in [1.165, 1.54) is 4.90 Å². The van der Waals surface area contributed by atoms with E-state index in [2.05, 4.69) is 16.0 Å². The highest BCUT2D eigenvalue weighted by molar-refractivity contribution is 5.95. The molecule has 1 heterocycles. The molecule has 3 rings (SSSR count). The first-order valence-electron chi connectivity index (χ1n) is 9.37. The molecule has 8 heteroatoms. The summed E-state index contributed by atoms with van der Waals surface area (Å²) >= 11 is 0. The van der Waals surface area contributed by atoms with Crippen LogP contribution in [0.4, 0.5) is 11.4 Å². The summed E-state index contributed by atoms with van der Waals surface area (Å²) in [5.74, 6) is -1.54. The maximum absolute atomic E-state index is 12.5. The van der Waals surface area contributed by atoms with Gasteiger partial charge in [-0.05, 0) is 35.9 Å². The molecule has 1 aliphatic heterocycles. The predicted molar refractivity (Wildman–Crippen MR) is 110 cm³/mol. The number of hydrogen-bond acceptors (Lipinski definition) is 5. The van der Waals surface area contributed by atoms with E-state index in [4.69, 9.17) is 5.11 Å². The van der Waals surface area contributed by atoms with Crippen molar-refractivity contribution in [3.05, 3.63) is 59.7 Å². The third-order valence-electron chi connectivity index (χ3n) is 4.67. The standard InChI is InChI=1S/C21H24N4O4/c1-25-13-15-11-14(7-8-17(15)24-18(21(25)29)12-19(26)27)20(28)23-10-9-22-16-5-3-2-4-6-16/h2-8,11,18,22,24H,9-10,12-13H2,1H3,(H,23,28)(H,26,27)/t18-/m1/s1. The van der Waals surface area contributed by atoms with Gasteiger partial charge in [-0.3, -0.25) is 14.4 Å². The lowest BCUT2D eigenvalue weighted by molar-refractivity contribution is -0.141. The van der Waals surface area contributed by atoms with E-state index in [1.807, 2.05) is 30.3 Å². The summed E-state index contributed by atoms with van der Waals surface area (Å²) < 4.78 is 0. The van der Waals surface area contributed by atoms with E-state index >= 15 is 0 Å². The summed E-state index contributed by atoms with van der Waals surface area (Å²) in [5, 5.41) is 18.1. The molecule has 0 saturated heterocycles. The van der Waals surface area contributed by atoms with Crippen LogP contribution in [0.3, 0.4) is 0 Å². The highest BCUT2D eigenvalue weighted by Crippen LogP contribution is 2.24. The minimum atomic E-state index is -1.05. The van der Waals surface area contributed by atoms with Crippen LogP contribution in [0.5, 0.6) is 0 Å². The molecule has 0 radical (unpaired) electrons. The topological polar surface area (TPSA) is 111 Å². The molecule has 0 aliphatic carbocycles. The number of anilines is 2. The molecule has 4 N–H and O–H groups in total. The van der Waals surface area contributed by atoms with Crippen molar-refractivity contribution in [2.45, 2.75) is 19.0 Å². The van der Waals surface area contributed by atoms with Crippen LogP contribution in [0.2, 0.25) is 0 Å². The smallest absolute Gasteiger partial charge is 0.305 e. The summed E-state index contributed by atoms with van der Waals surface area (Å²) in [7, 11) is 1.62. The van der Waals surface area contributed by atoms with Crippen molar-refractivity contribution in [2.75, 3.05) is 30.8 Å². The maximum atomic E-state index is 12.5. The summed E-state index contributed by atoms with van der Waals surface area (Å²) in [6.45, 7) is 1.35. The molecule has 0 unspecified atom stereocenters. The minimum Gasteiger partial charge on any atom is -0.481 e. The molecule has 1 aliphatic rings. The van der Waals surface area contributed by atoms with Crippen molar-refractivity contribution >= 4 is 29.2 Å². The highest BCUT2D eigenvalue weighted by atomic mass is 16.4. The van der Waals surface area contributed by atoms with Crippen molar-refractivity contribution in [1.29, 1.82) is 0 Å². The number of fused-ring (bicyclic) bond motifs is 1. The Hall–Kier alpha value is -3.55. The van der Waals surface area contributed by atoms with Gasteiger partial charge < -0.3 is 26.0 Å². The van der Waals surface area contributed by atoms with Gasteiger partial charge in [0, 0.05) is 43.6 Å². The van der Waals surface area contributed by atoms with Crippen molar-refractivity contribution < 1.29 is 19.5 Å². The average Bonchev–Trinajstić information content (AvgIpc) is 2.82. The lowest BCUT2D eigenvalue weighted by Crippen LogP contribution is -2.39. The first-order valence-corrected chi connectivity index (χ1v) is 9.37.